The minimum absolute atomic E-state index is 0.0816. The van der Waals surface area contributed by atoms with E-state index in [0.717, 1.165) is 36.0 Å². The molecule has 0 aliphatic heterocycles. The summed E-state index contributed by atoms with van der Waals surface area (Å²) in [5, 5.41) is 11.4. The molecular weight excluding hydrogens is 431 g/mol. The number of nitrogens with one attached hydrogen (secondary N) is 1. The van der Waals surface area contributed by atoms with Crippen molar-refractivity contribution in [2.45, 2.75) is 25.3 Å². The summed E-state index contributed by atoms with van der Waals surface area (Å²) in [5.41, 5.74) is 9.84. The normalized spacial score (nSPS) is 11.3. The number of hydrogen-bond acceptors (Lipinski definition) is 4. The fourth-order valence-corrected chi connectivity index (χ4v) is 3.37. The number of aryl methyl sites for hydroxylation is 2. The molecule has 4 N–H and O–H groups in total. The number of Topliss-reactive ketones (excluding diaryl/α,β-unsaturated/α-hetero) is 1. The predicted molar refractivity (Wildman–Crippen MR) is 130 cm³/mol. The number of halogens is 1. The van der Waals surface area contributed by atoms with Gasteiger partial charge < -0.3 is 16.2 Å². The van der Waals surface area contributed by atoms with E-state index in [1.165, 1.54) is 17.7 Å². The van der Waals surface area contributed by atoms with Crippen LogP contribution < -0.4 is 11.1 Å². The minimum atomic E-state index is -0.914. The van der Waals surface area contributed by atoms with Gasteiger partial charge >= 0.3 is 0 Å². The van der Waals surface area contributed by atoms with E-state index in [1.807, 2.05) is 24.3 Å². The van der Waals surface area contributed by atoms with Crippen molar-refractivity contribution in [3.63, 3.8) is 0 Å². The van der Waals surface area contributed by atoms with Crippen molar-refractivity contribution >= 4 is 11.7 Å². The standard InChI is InChI=1S/C28H27FN2O3/c29-25-16-12-21(13-17-25)3-1-2-20-4-6-22(7-5-20)8-9-23-10-14-24(15-11-23)28(34)31-26(18-30)27(33)19-32/h4-7,10-17,26,32H,1-3,18-19,30H2,(H,31,34)/t26-/m0/s1. The van der Waals surface area contributed by atoms with Gasteiger partial charge in [-0.2, -0.15) is 0 Å². The summed E-state index contributed by atoms with van der Waals surface area (Å²) in [5.74, 6) is 5.01. The highest BCUT2D eigenvalue weighted by molar-refractivity contribution is 5.98. The largest absolute Gasteiger partial charge is 0.388 e. The summed E-state index contributed by atoms with van der Waals surface area (Å²) in [6.07, 6.45) is 2.82. The number of benzene rings is 3. The molecule has 1 amide bonds. The number of carbonyl (C=O) groups is 2. The van der Waals surface area contributed by atoms with Crippen LogP contribution in [0.2, 0.25) is 0 Å². The zero-order valence-corrected chi connectivity index (χ0v) is 18.8. The second-order valence-corrected chi connectivity index (χ2v) is 7.89. The molecule has 0 heterocycles. The van der Waals surface area contributed by atoms with Crippen LogP contribution >= 0.6 is 0 Å². The molecule has 0 aromatic heterocycles. The van der Waals surface area contributed by atoms with Crippen LogP contribution in [-0.4, -0.2) is 36.0 Å². The van der Waals surface area contributed by atoms with Crippen LogP contribution in [0.4, 0.5) is 4.39 Å². The fraction of sp³-hybridized carbons (Fsp3) is 0.214. The molecule has 3 aromatic carbocycles. The quantitative estimate of drug-likeness (QED) is 0.430. The van der Waals surface area contributed by atoms with Crippen molar-refractivity contribution in [1.29, 1.82) is 0 Å². The third-order valence-electron chi connectivity index (χ3n) is 5.38. The smallest absolute Gasteiger partial charge is 0.251 e. The molecule has 0 aliphatic rings. The summed E-state index contributed by atoms with van der Waals surface area (Å²) in [7, 11) is 0. The summed E-state index contributed by atoms with van der Waals surface area (Å²) < 4.78 is 13.0. The molecule has 6 heteroatoms. The van der Waals surface area contributed by atoms with Gasteiger partial charge in [0, 0.05) is 23.2 Å². The fourth-order valence-electron chi connectivity index (χ4n) is 3.37. The maximum absolute atomic E-state index is 13.0. The summed E-state index contributed by atoms with van der Waals surface area (Å²) in [6.45, 7) is -0.755. The van der Waals surface area contributed by atoms with Crippen molar-refractivity contribution in [1.82, 2.24) is 5.32 Å². The Kier molecular flexibility index (Phi) is 9.10. The number of nitrogens with two attached hydrogens (primary N) is 1. The first kappa shape index (κ1) is 24.8. The number of carbonyl (C=O) groups excluding carboxylic acids is 2. The van der Waals surface area contributed by atoms with E-state index in [2.05, 4.69) is 29.3 Å². The van der Waals surface area contributed by atoms with E-state index in [9.17, 15) is 14.0 Å². The Hall–Kier alpha value is -3.79. The molecule has 0 unspecified atom stereocenters. The number of aliphatic hydroxyl groups excluding tert-OH is 1. The van der Waals surface area contributed by atoms with Crippen LogP contribution in [0.15, 0.2) is 72.8 Å². The number of hydrogen-bond donors (Lipinski definition) is 3. The molecule has 0 saturated heterocycles. The van der Waals surface area contributed by atoms with E-state index < -0.39 is 24.3 Å². The Balaban J connectivity index is 1.52. The van der Waals surface area contributed by atoms with Gasteiger partial charge in [-0.25, -0.2) is 4.39 Å². The van der Waals surface area contributed by atoms with E-state index >= 15 is 0 Å². The van der Waals surface area contributed by atoms with Gasteiger partial charge in [-0.1, -0.05) is 36.1 Å². The second-order valence-electron chi connectivity index (χ2n) is 7.89. The lowest BCUT2D eigenvalue weighted by molar-refractivity contribution is -0.123. The molecule has 0 saturated carbocycles. The van der Waals surface area contributed by atoms with E-state index in [-0.39, 0.29) is 12.4 Å². The highest BCUT2D eigenvalue weighted by Crippen LogP contribution is 2.11. The lowest BCUT2D eigenvalue weighted by Gasteiger charge is -2.14. The van der Waals surface area contributed by atoms with Crippen LogP contribution in [0.1, 0.15) is 39.0 Å². The van der Waals surface area contributed by atoms with Crippen molar-refractivity contribution in [2.24, 2.45) is 5.73 Å². The molecular formula is C28H27FN2O3. The van der Waals surface area contributed by atoms with Gasteiger partial charge in [0.2, 0.25) is 0 Å². The molecule has 0 aliphatic carbocycles. The Morgan fingerprint density at radius 2 is 1.35 bits per heavy atom. The molecule has 34 heavy (non-hydrogen) atoms. The first-order valence-corrected chi connectivity index (χ1v) is 11.1. The zero-order valence-electron chi connectivity index (χ0n) is 18.8. The van der Waals surface area contributed by atoms with Crippen molar-refractivity contribution in [3.05, 3.63) is 106 Å². The van der Waals surface area contributed by atoms with Crippen molar-refractivity contribution in [3.8, 4) is 11.8 Å². The minimum Gasteiger partial charge on any atom is -0.388 e. The number of rotatable bonds is 9. The molecule has 0 radical (unpaired) electrons. The highest BCUT2D eigenvalue weighted by Gasteiger charge is 2.18. The monoisotopic (exact) mass is 458 g/mol. The van der Waals surface area contributed by atoms with E-state index in [4.69, 9.17) is 10.8 Å². The van der Waals surface area contributed by atoms with Gasteiger partial charge in [-0.05, 0) is 78.9 Å². The molecule has 0 bridgehead atoms. The first-order valence-electron chi connectivity index (χ1n) is 11.1. The Bertz CT molecular complexity index is 1160. The SMILES string of the molecule is NC[C@H](NC(=O)c1ccc(C#Cc2ccc(CCCc3ccc(F)cc3)cc2)cc1)C(=O)CO. The Morgan fingerprint density at radius 1 is 0.853 bits per heavy atom. The van der Waals surface area contributed by atoms with Crippen LogP contribution in [-0.2, 0) is 17.6 Å². The van der Waals surface area contributed by atoms with Gasteiger partial charge in [0.25, 0.3) is 5.91 Å². The van der Waals surface area contributed by atoms with Crippen LogP contribution in [0.3, 0.4) is 0 Å². The van der Waals surface area contributed by atoms with Gasteiger partial charge in [-0.15, -0.1) is 0 Å². The average molecular weight is 459 g/mol. The average Bonchev–Trinajstić information content (AvgIpc) is 2.87. The number of ketones is 1. The molecule has 0 fully saturated rings. The number of amides is 1. The lowest BCUT2D eigenvalue weighted by Crippen LogP contribution is -2.46. The Morgan fingerprint density at radius 3 is 1.85 bits per heavy atom. The summed E-state index contributed by atoms with van der Waals surface area (Å²) in [6, 6.07) is 20.5. The van der Waals surface area contributed by atoms with E-state index in [1.54, 1.807) is 24.3 Å². The molecule has 3 aromatic rings. The number of aliphatic hydroxyl groups is 1. The van der Waals surface area contributed by atoms with Gasteiger partial charge in [-0.3, -0.25) is 9.59 Å². The topological polar surface area (TPSA) is 92.4 Å². The third-order valence-corrected chi connectivity index (χ3v) is 5.38. The van der Waals surface area contributed by atoms with Crippen LogP contribution in [0.25, 0.3) is 0 Å². The van der Waals surface area contributed by atoms with Crippen molar-refractivity contribution < 1.29 is 19.1 Å². The molecule has 174 valence electrons. The van der Waals surface area contributed by atoms with Gasteiger partial charge in [0.05, 0.1) is 0 Å². The lowest BCUT2D eigenvalue weighted by atomic mass is 10.0. The van der Waals surface area contributed by atoms with Gasteiger partial charge in [0.15, 0.2) is 5.78 Å². The van der Waals surface area contributed by atoms with Crippen LogP contribution in [0, 0.1) is 17.7 Å². The van der Waals surface area contributed by atoms with Crippen LogP contribution in [0.5, 0.6) is 0 Å². The highest BCUT2D eigenvalue weighted by atomic mass is 19.1. The van der Waals surface area contributed by atoms with Crippen molar-refractivity contribution in [2.75, 3.05) is 13.2 Å². The maximum Gasteiger partial charge on any atom is 0.251 e. The zero-order chi connectivity index (χ0) is 24.3. The maximum atomic E-state index is 13.0. The third kappa shape index (κ3) is 7.38. The summed E-state index contributed by atoms with van der Waals surface area (Å²) >= 11 is 0. The Labute approximate surface area is 198 Å². The predicted octanol–water partition coefficient (Wildman–Crippen LogP) is 3.02. The molecule has 1 atom stereocenters. The molecule has 3 rings (SSSR count). The molecule has 0 spiro atoms. The second kappa shape index (κ2) is 12.4. The summed E-state index contributed by atoms with van der Waals surface area (Å²) in [4.78, 5) is 23.8. The molecule has 5 nitrogen and oxygen atoms in total. The first-order chi connectivity index (χ1) is 16.5. The van der Waals surface area contributed by atoms with E-state index in [0.29, 0.717) is 5.56 Å². The van der Waals surface area contributed by atoms with Gasteiger partial charge in [0.1, 0.15) is 18.5 Å².